The third-order valence-corrected chi connectivity index (χ3v) is 8.98. The number of hydrogen-bond acceptors (Lipinski definition) is 6. The molecule has 1 aliphatic heterocycles. The molecule has 0 amide bonds. The van der Waals surface area contributed by atoms with Crippen LogP contribution in [0.3, 0.4) is 0 Å². The first-order chi connectivity index (χ1) is 21.6. The first kappa shape index (κ1) is 42.0. The lowest BCUT2D eigenvalue weighted by Crippen LogP contribution is -2.46. The van der Waals surface area contributed by atoms with Crippen LogP contribution in [0.25, 0.3) is 0 Å². The summed E-state index contributed by atoms with van der Waals surface area (Å²) in [5.41, 5.74) is 1.47. The third kappa shape index (κ3) is 16.2. The summed E-state index contributed by atoms with van der Waals surface area (Å²) in [4.78, 5) is 18.0. The molecule has 1 heterocycles. The molecule has 2 aromatic rings. The van der Waals surface area contributed by atoms with Gasteiger partial charge in [-0.25, -0.2) is 4.79 Å². The Bertz CT molecular complexity index is 1060. The first-order valence-corrected chi connectivity index (χ1v) is 17.6. The molecule has 0 bridgehead atoms. The van der Waals surface area contributed by atoms with Crippen LogP contribution in [0.2, 0.25) is 0 Å². The van der Waals surface area contributed by atoms with Gasteiger partial charge in [0.2, 0.25) is 0 Å². The molecule has 1 aliphatic rings. The van der Waals surface area contributed by atoms with Gasteiger partial charge in [0.05, 0.1) is 19.8 Å². The van der Waals surface area contributed by atoms with E-state index < -0.39 is 5.97 Å². The number of ether oxygens (including phenoxy) is 3. The molecule has 0 aromatic heterocycles. The summed E-state index contributed by atoms with van der Waals surface area (Å²) < 4.78 is 16.5. The SMILES string of the molecule is CCCCCCCCCCCCCCCCCCN1CCN(Cc2ccccc2OC(=O)c2ccc(OC)c(OC)c2)CC1.Cl.Cl. The molecule has 1 saturated heterocycles. The predicted molar refractivity (Wildman–Crippen MR) is 197 cm³/mol. The fourth-order valence-electron chi connectivity index (χ4n) is 6.15. The normalized spacial score (nSPS) is 13.5. The van der Waals surface area contributed by atoms with Gasteiger partial charge < -0.3 is 19.1 Å². The molecule has 8 heteroatoms. The minimum Gasteiger partial charge on any atom is -0.493 e. The Hall–Kier alpha value is -1.99. The van der Waals surface area contributed by atoms with Crippen LogP contribution >= 0.6 is 24.8 Å². The van der Waals surface area contributed by atoms with E-state index >= 15 is 0 Å². The van der Waals surface area contributed by atoms with Gasteiger partial charge in [0.25, 0.3) is 0 Å². The van der Waals surface area contributed by atoms with Gasteiger partial charge in [-0.1, -0.05) is 121 Å². The van der Waals surface area contributed by atoms with Crippen LogP contribution in [0.5, 0.6) is 17.2 Å². The van der Waals surface area contributed by atoms with E-state index in [-0.39, 0.29) is 24.8 Å². The summed E-state index contributed by atoms with van der Waals surface area (Å²) >= 11 is 0. The van der Waals surface area contributed by atoms with E-state index in [1.807, 2.05) is 18.2 Å². The molecular formula is C38H62Cl2N2O4. The van der Waals surface area contributed by atoms with E-state index in [0.29, 0.717) is 22.8 Å². The number of rotatable bonds is 23. The Morgan fingerprint density at radius 2 is 1.11 bits per heavy atom. The zero-order chi connectivity index (χ0) is 31.2. The maximum absolute atomic E-state index is 12.9. The van der Waals surface area contributed by atoms with Crippen LogP contribution < -0.4 is 14.2 Å². The van der Waals surface area contributed by atoms with Crippen LogP contribution in [0.1, 0.15) is 126 Å². The number of carbonyl (C=O) groups is 1. The smallest absolute Gasteiger partial charge is 0.343 e. The van der Waals surface area contributed by atoms with Crippen molar-refractivity contribution in [2.45, 2.75) is 116 Å². The Labute approximate surface area is 292 Å². The van der Waals surface area contributed by atoms with Crippen LogP contribution in [0.4, 0.5) is 0 Å². The zero-order valence-corrected chi connectivity index (χ0v) is 30.6. The van der Waals surface area contributed by atoms with Crippen LogP contribution in [0.15, 0.2) is 42.5 Å². The van der Waals surface area contributed by atoms with Gasteiger partial charge in [-0.15, -0.1) is 24.8 Å². The predicted octanol–water partition coefficient (Wildman–Crippen LogP) is 10.1. The Morgan fingerprint density at radius 1 is 0.609 bits per heavy atom. The number of methoxy groups -OCH3 is 2. The molecule has 1 fully saturated rings. The Morgan fingerprint density at radius 3 is 1.65 bits per heavy atom. The maximum Gasteiger partial charge on any atom is 0.343 e. The number of esters is 1. The molecule has 0 aliphatic carbocycles. The van der Waals surface area contributed by atoms with Crippen molar-refractivity contribution in [1.82, 2.24) is 9.80 Å². The summed E-state index contributed by atoms with van der Waals surface area (Å²) in [5, 5.41) is 0. The van der Waals surface area contributed by atoms with Crippen LogP contribution in [-0.2, 0) is 6.54 Å². The highest BCUT2D eigenvalue weighted by atomic mass is 35.5. The number of halogens is 2. The molecule has 6 nitrogen and oxygen atoms in total. The molecule has 46 heavy (non-hydrogen) atoms. The van der Waals surface area contributed by atoms with Crippen molar-refractivity contribution in [2.24, 2.45) is 0 Å². The fraction of sp³-hybridized carbons (Fsp3) is 0.658. The molecule has 0 N–H and O–H groups in total. The number of carbonyl (C=O) groups excluding carboxylic acids is 1. The van der Waals surface area contributed by atoms with Crippen molar-refractivity contribution in [3.8, 4) is 17.2 Å². The van der Waals surface area contributed by atoms with E-state index in [2.05, 4.69) is 22.8 Å². The number of benzene rings is 2. The van der Waals surface area contributed by atoms with Crippen molar-refractivity contribution in [2.75, 3.05) is 46.9 Å². The van der Waals surface area contributed by atoms with Gasteiger partial charge in [-0.3, -0.25) is 4.90 Å². The van der Waals surface area contributed by atoms with E-state index in [9.17, 15) is 4.79 Å². The summed E-state index contributed by atoms with van der Waals surface area (Å²) in [7, 11) is 3.14. The average molecular weight is 682 g/mol. The Balaban J connectivity index is 0.00000529. The molecular weight excluding hydrogens is 619 g/mol. The van der Waals surface area contributed by atoms with Crippen molar-refractivity contribution in [1.29, 1.82) is 0 Å². The van der Waals surface area contributed by atoms with Crippen molar-refractivity contribution < 1.29 is 19.0 Å². The first-order valence-electron chi connectivity index (χ1n) is 17.6. The molecule has 2 aromatic carbocycles. The van der Waals surface area contributed by atoms with Gasteiger partial charge in [0.1, 0.15) is 5.75 Å². The minimum atomic E-state index is -0.401. The van der Waals surface area contributed by atoms with Gasteiger partial charge >= 0.3 is 5.97 Å². The topological polar surface area (TPSA) is 51.2 Å². The lowest BCUT2D eigenvalue weighted by Gasteiger charge is -2.35. The molecule has 0 saturated carbocycles. The lowest BCUT2D eigenvalue weighted by molar-refractivity contribution is 0.0728. The van der Waals surface area contributed by atoms with Crippen LogP contribution in [-0.4, -0.2) is 62.7 Å². The van der Waals surface area contributed by atoms with Gasteiger partial charge in [0, 0.05) is 38.3 Å². The molecule has 262 valence electrons. The van der Waals surface area contributed by atoms with E-state index in [1.165, 1.54) is 109 Å². The number of unbranched alkanes of at least 4 members (excludes halogenated alkanes) is 15. The van der Waals surface area contributed by atoms with Gasteiger partial charge in [-0.05, 0) is 37.2 Å². The largest absolute Gasteiger partial charge is 0.493 e. The minimum absolute atomic E-state index is 0. The summed E-state index contributed by atoms with van der Waals surface area (Å²) in [6.07, 6.45) is 22.6. The standard InChI is InChI=1S/C38H60N2O4.2ClH/c1-4-5-6-7-8-9-10-11-12-13-14-15-16-17-18-21-26-39-27-29-40(30-28-39)32-34-22-19-20-23-35(34)44-38(41)33-24-25-36(42-2)37(31-33)43-3;;/h19-20,22-25,31H,4-18,21,26-30,32H2,1-3H3;2*1H. The van der Waals surface area contributed by atoms with E-state index in [0.717, 1.165) is 38.3 Å². The number of nitrogens with zero attached hydrogens (tertiary/aromatic N) is 2. The van der Waals surface area contributed by atoms with Crippen LogP contribution in [0, 0.1) is 0 Å². The number of piperazine rings is 1. The zero-order valence-electron chi connectivity index (χ0n) is 28.9. The molecule has 0 unspecified atom stereocenters. The third-order valence-electron chi connectivity index (χ3n) is 8.98. The molecule has 3 rings (SSSR count). The lowest BCUT2D eigenvalue weighted by atomic mass is 10.0. The second kappa shape index (κ2) is 26.0. The summed E-state index contributed by atoms with van der Waals surface area (Å²) in [5.74, 6) is 1.30. The van der Waals surface area contributed by atoms with E-state index in [4.69, 9.17) is 14.2 Å². The fourth-order valence-corrected chi connectivity index (χ4v) is 6.15. The molecule has 0 spiro atoms. The second-order valence-corrected chi connectivity index (χ2v) is 12.5. The highest BCUT2D eigenvalue weighted by Gasteiger charge is 2.19. The van der Waals surface area contributed by atoms with Gasteiger partial charge in [-0.2, -0.15) is 0 Å². The quantitative estimate of drug-likeness (QED) is 0.0661. The van der Waals surface area contributed by atoms with Crippen molar-refractivity contribution >= 4 is 30.8 Å². The van der Waals surface area contributed by atoms with Gasteiger partial charge in [0.15, 0.2) is 11.5 Å². The molecule has 0 atom stereocenters. The second-order valence-electron chi connectivity index (χ2n) is 12.5. The summed E-state index contributed by atoms with van der Waals surface area (Å²) in [6, 6.07) is 12.9. The van der Waals surface area contributed by atoms with Crippen molar-refractivity contribution in [3.05, 3.63) is 53.6 Å². The molecule has 0 radical (unpaired) electrons. The van der Waals surface area contributed by atoms with Crippen molar-refractivity contribution in [3.63, 3.8) is 0 Å². The highest BCUT2D eigenvalue weighted by Crippen LogP contribution is 2.29. The van der Waals surface area contributed by atoms with E-state index in [1.54, 1.807) is 32.4 Å². The highest BCUT2D eigenvalue weighted by molar-refractivity contribution is 5.92. The summed E-state index contributed by atoms with van der Waals surface area (Å²) in [6.45, 7) is 8.57. The Kier molecular flexibility index (Phi) is 23.8. The number of para-hydroxylation sites is 1. The maximum atomic E-state index is 12.9. The number of hydrogen-bond donors (Lipinski definition) is 0. The monoisotopic (exact) mass is 680 g/mol. The average Bonchev–Trinajstić information content (AvgIpc) is 3.05.